The van der Waals surface area contributed by atoms with Gasteiger partial charge in [0.25, 0.3) is 0 Å². The van der Waals surface area contributed by atoms with Crippen LogP contribution in [0.1, 0.15) is 48.4 Å². The third kappa shape index (κ3) is 3.24. The Balaban J connectivity index is 2.35. The number of rotatable bonds is 6. The van der Waals surface area contributed by atoms with Crippen LogP contribution in [0, 0.1) is 13.8 Å². The number of furan rings is 1. The van der Waals surface area contributed by atoms with E-state index >= 15 is 0 Å². The molecule has 21 heavy (non-hydrogen) atoms. The summed E-state index contributed by atoms with van der Waals surface area (Å²) in [5.41, 5.74) is 3.59. The molecule has 0 aromatic carbocycles. The number of hydrogen-bond acceptors (Lipinski definition) is 3. The van der Waals surface area contributed by atoms with Crippen LogP contribution >= 0.6 is 15.9 Å². The fourth-order valence-electron chi connectivity index (χ4n) is 2.77. The molecule has 2 aromatic rings. The van der Waals surface area contributed by atoms with Crippen LogP contribution in [0.4, 0.5) is 0 Å². The van der Waals surface area contributed by atoms with Gasteiger partial charge in [-0.25, -0.2) is 0 Å². The first-order chi connectivity index (χ1) is 10.0. The summed E-state index contributed by atoms with van der Waals surface area (Å²) < 4.78 is 8.91. The van der Waals surface area contributed by atoms with Gasteiger partial charge < -0.3 is 9.73 Å². The molecule has 5 heteroatoms. The van der Waals surface area contributed by atoms with Gasteiger partial charge in [-0.3, -0.25) is 4.68 Å². The Morgan fingerprint density at radius 3 is 2.57 bits per heavy atom. The highest BCUT2D eigenvalue weighted by Crippen LogP contribution is 2.29. The molecule has 0 saturated carbocycles. The minimum absolute atomic E-state index is 0.227. The van der Waals surface area contributed by atoms with E-state index in [9.17, 15) is 0 Å². The van der Waals surface area contributed by atoms with Crippen LogP contribution in [-0.2, 0) is 19.4 Å². The number of hydrogen-bond donors (Lipinski definition) is 1. The molecule has 116 valence electrons. The minimum Gasteiger partial charge on any atom is -0.466 e. The first-order valence-corrected chi connectivity index (χ1v) is 8.29. The Hall–Kier alpha value is -1.07. The summed E-state index contributed by atoms with van der Waals surface area (Å²) in [7, 11) is 1.99. The van der Waals surface area contributed by atoms with Crippen molar-refractivity contribution in [3.8, 4) is 0 Å². The van der Waals surface area contributed by atoms with Gasteiger partial charge in [-0.2, -0.15) is 5.10 Å². The van der Waals surface area contributed by atoms with Gasteiger partial charge in [0.1, 0.15) is 11.5 Å². The molecule has 0 aliphatic carbocycles. The van der Waals surface area contributed by atoms with E-state index in [1.54, 1.807) is 0 Å². The Labute approximate surface area is 135 Å². The predicted octanol–water partition coefficient (Wildman–Crippen LogP) is 3.94. The van der Waals surface area contributed by atoms with Crippen molar-refractivity contribution in [2.75, 3.05) is 7.05 Å². The maximum absolute atomic E-state index is 5.67. The highest BCUT2D eigenvalue weighted by Gasteiger charge is 2.21. The monoisotopic (exact) mass is 353 g/mol. The lowest BCUT2D eigenvalue weighted by Crippen LogP contribution is -2.21. The first kappa shape index (κ1) is 16.3. The summed E-state index contributed by atoms with van der Waals surface area (Å²) in [6, 6.07) is 2.35. The van der Waals surface area contributed by atoms with Crippen LogP contribution in [0.15, 0.2) is 15.0 Å². The number of nitrogens with one attached hydrogen (secondary N) is 1. The molecular formula is C16H24BrN3O. The van der Waals surface area contributed by atoms with E-state index in [-0.39, 0.29) is 6.04 Å². The zero-order chi connectivity index (χ0) is 15.6. The molecular weight excluding hydrogens is 330 g/mol. The molecule has 0 aliphatic heterocycles. The van der Waals surface area contributed by atoms with Crippen molar-refractivity contribution in [2.24, 2.45) is 0 Å². The Bertz CT molecular complexity index is 615. The van der Waals surface area contributed by atoms with E-state index in [1.165, 1.54) is 11.3 Å². The highest BCUT2D eigenvalue weighted by atomic mass is 79.9. The van der Waals surface area contributed by atoms with Gasteiger partial charge in [0.05, 0.1) is 15.9 Å². The lowest BCUT2D eigenvalue weighted by Gasteiger charge is -2.16. The zero-order valence-electron chi connectivity index (χ0n) is 13.5. The molecule has 2 rings (SSSR count). The van der Waals surface area contributed by atoms with E-state index in [4.69, 9.17) is 4.42 Å². The van der Waals surface area contributed by atoms with E-state index in [0.29, 0.717) is 0 Å². The van der Waals surface area contributed by atoms with E-state index < -0.39 is 0 Å². The Morgan fingerprint density at radius 1 is 1.38 bits per heavy atom. The number of aromatic nitrogens is 2. The highest BCUT2D eigenvalue weighted by molar-refractivity contribution is 9.10. The summed E-state index contributed by atoms with van der Waals surface area (Å²) in [5.74, 6) is 1.95. The molecule has 0 spiro atoms. The third-order valence-electron chi connectivity index (χ3n) is 3.89. The number of halogens is 1. The average molecular weight is 354 g/mol. The van der Waals surface area contributed by atoms with Crippen LogP contribution in [0.3, 0.4) is 0 Å². The third-order valence-corrected chi connectivity index (χ3v) is 4.81. The smallest absolute Gasteiger partial charge is 0.105 e. The molecule has 1 N–H and O–H groups in total. The van der Waals surface area contributed by atoms with Gasteiger partial charge in [-0.15, -0.1) is 0 Å². The minimum atomic E-state index is 0.227. The molecule has 0 fully saturated rings. The van der Waals surface area contributed by atoms with Gasteiger partial charge in [0, 0.05) is 24.6 Å². The summed E-state index contributed by atoms with van der Waals surface area (Å²) >= 11 is 3.72. The van der Waals surface area contributed by atoms with Crippen LogP contribution < -0.4 is 5.32 Å². The fourth-order valence-corrected chi connectivity index (χ4v) is 3.50. The maximum Gasteiger partial charge on any atom is 0.105 e. The topological polar surface area (TPSA) is 43.0 Å². The molecule has 0 aliphatic rings. The van der Waals surface area contributed by atoms with Crippen molar-refractivity contribution >= 4 is 15.9 Å². The Kier molecular flexibility index (Phi) is 5.27. The average Bonchev–Trinajstić information content (AvgIpc) is 2.95. The van der Waals surface area contributed by atoms with Crippen LogP contribution in [-0.4, -0.2) is 16.8 Å². The van der Waals surface area contributed by atoms with Crippen molar-refractivity contribution in [2.45, 2.75) is 53.1 Å². The van der Waals surface area contributed by atoms with Crippen molar-refractivity contribution < 1.29 is 4.42 Å². The van der Waals surface area contributed by atoms with Gasteiger partial charge in [0.15, 0.2) is 0 Å². The standard InChI is InChI=1S/C16H24BrN3O/c1-6-13-16(17)15(20(7-2)19-13)9-14(18-5)12-8-10(3)21-11(12)4/h8,14,18H,6-7,9H2,1-5H3. The number of likely N-dealkylation sites (N-methyl/N-ethyl adjacent to an activating group) is 1. The molecule has 1 unspecified atom stereocenters. The van der Waals surface area contributed by atoms with Crippen LogP contribution in [0.25, 0.3) is 0 Å². The SMILES string of the molecule is CCc1nn(CC)c(CC(NC)c2cc(C)oc2C)c1Br. The van der Waals surface area contributed by atoms with Crippen molar-refractivity contribution in [3.05, 3.63) is 39.0 Å². The van der Waals surface area contributed by atoms with Crippen molar-refractivity contribution in [1.82, 2.24) is 15.1 Å². The molecule has 4 nitrogen and oxygen atoms in total. The molecule has 1 atom stereocenters. The number of nitrogens with zero attached hydrogens (tertiary/aromatic N) is 2. The fraction of sp³-hybridized carbons (Fsp3) is 0.562. The van der Waals surface area contributed by atoms with Crippen molar-refractivity contribution in [3.63, 3.8) is 0 Å². The van der Waals surface area contributed by atoms with Crippen LogP contribution in [0.5, 0.6) is 0 Å². The molecule has 0 radical (unpaired) electrons. The molecule has 2 aromatic heterocycles. The summed E-state index contributed by atoms with van der Waals surface area (Å²) in [4.78, 5) is 0. The van der Waals surface area contributed by atoms with E-state index in [2.05, 4.69) is 50.9 Å². The van der Waals surface area contributed by atoms with E-state index in [0.717, 1.165) is 41.1 Å². The predicted molar refractivity (Wildman–Crippen MR) is 88.7 cm³/mol. The second kappa shape index (κ2) is 6.79. The second-order valence-corrected chi connectivity index (χ2v) is 6.08. The zero-order valence-corrected chi connectivity index (χ0v) is 15.0. The number of aryl methyl sites for hydroxylation is 4. The van der Waals surface area contributed by atoms with Gasteiger partial charge in [-0.1, -0.05) is 6.92 Å². The lowest BCUT2D eigenvalue weighted by molar-refractivity contribution is 0.485. The van der Waals surface area contributed by atoms with Crippen LogP contribution in [0.2, 0.25) is 0 Å². The summed E-state index contributed by atoms with van der Waals surface area (Å²) in [5, 5.41) is 8.08. The van der Waals surface area contributed by atoms with Gasteiger partial charge in [0.2, 0.25) is 0 Å². The first-order valence-electron chi connectivity index (χ1n) is 7.49. The Morgan fingerprint density at radius 2 is 2.10 bits per heavy atom. The van der Waals surface area contributed by atoms with E-state index in [1.807, 2.05) is 20.9 Å². The van der Waals surface area contributed by atoms with Gasteiger partial charge >= 0.3 is 0 Å². The maximum atomic E-state index is 5.67. The van der Waals surface area contributed by atoms with Gasteiger partial charge in [-0.05, 0) is 56.2 Å². The van der Waals surface area contributed by atoms with Crippen molar-refractivity contribution in [1.29, 1.82) is 0 Å². The summed E-state index contributed by atoms with van der Waals surface area (Å²) in [6.07, 6.45) is 1.83. The molecule has 0 amide bonds. The second-order valence-electron chi connectivity index (χ2n) is 5.29. The largest absolute Gasteiger partial charge is 0.466 e. The normalized spacial score (nSPS) is 12.9. The molecule has 2 heterocycles. The molecule has 0 bridgehead atoms. The quantitative estimate of drug-likeness (QED) is 0.855. The lowest BCUT2D eigenvalue weighted by atomic mass is 10.0. The summed E-state index contributed by atoms with van der Waals surface area (Å²) in [6.45, 7) is 9.16. The molecule has 0 saturated heterocycles.